The van der Waals surface area contributed by atoms with Gasteiger partial charge in [-0.15, -0.1) is 0 Å². The molecule has 5 rings (SSSR count). The first-order valence-electron chi connectivity index (χ1n) is 10.8. The average molecular weight is 411 g/mol. The molecule has 0 amide bonds. The molecule has 2 aromatic heterocycles. The molecule has 0 atom stereocenters. The Morgan fingerprint density at radius 3 is 2.55 bits per heavy atom. The molecular weight excluding hydrogens is 384 g/mol. The second-order valence-electron chi connectivity index (χ2n) is 8.09. The van der Waals surface area contributed by atoms with Gasteiger partial charge >= 0.3 is 0 Å². The van der Waals surface area contributed by atoms with Gasteiger partial charge < -0.3 is 15.1 Å². The lowest BCUT2D eigenvalue weighted by atomic mass is 9.97. The van der Waals surface area contributed by atoms with Crippen LogP contribution < -0.4 is 10.7 Å². The number of H-pyrrole nitrogens is 2. The maximum Gasteiger partial charge on any atom is 0.0907 e. The highest BCUT2D eigenvalue weighted by Crippen LogP contribution is 2.34. The van der Waals surface area contributed by atoms with Crippen LogP contribution >= 0.6 is 0 Å². The number of aliphatic hydroxyl groups is 1. The van der Waals surface area contributed by atoms with Crippen LogP contribution in [-0.2, 0) is 6.42 Å². The maximum absolute atomic E-state index is 10.1. The van der Waals surface area contributed by atoms with Crippen LogP contribution in [0, 0.1) is 6.92 Å². The van der Waals surface area contributed by atoms with Crippen molar-refractivity contribution in [2.24, 2.45) is 9.98 Å². The van der Waals surface area contributed by atoms with Gasteiger partial charge in [-0.2, -0.15) is 0 Å². The van der Waals surface area contributed by atoms with Crippen molar-refractivity contribution in [3.63, 3.8) is 0 Å². The monoisotopic (exact) mass is 410 g/mol. The van der Waals surface area contributed by atoms with E-state index in [-0.39, 0.29) is 0 Å². The van der Waals surface area contributed by atoms with E-state index in [2.05, 4.69) is 55.9 Å². The standard InChI is InChI=1S/C26H26N4O/c1-5-17-14(3)23-11-16-7-8-21(27-16)22-10-9-20(28-22)19(13-31)26-15(4)18(6-2)25(30-26)12-24(17)29-23/h7-13,27,29,31H,5-6H2,1-4H3/b16-11?,19-13-,22-21?,25-12?. The van der Waals surface area contributed by atoms with Crippen LogP contribution in [0.4, 0.5) is 0 Å². The number of aliphatic hydroxyl groups excluding tert-OH is 1. The van der Waals surface area contributed by atoms with Gasteiger partial charge in [0.15, 0.2) is 0 Å². The smallest absolute Gasteiger partial charge is 0.0907 e. The molecule has 5 heterocycles. The predicted molar refractivity (Wildman–Crippen MR) is 128 cm³/mol. The quantitative estimate of drug-likeness (QED) is 0.640. The molecule has 3 aliphatic rings. The van der Waals surface area contributed by atoms with Crippen molar-refractivity contribution in [2.75, 3.05) is 0 Å². The topological polar surface area (TPSA) is 76.5 Å². The first kappa shape index (κ1) is 19.4. The molecule has 2 aromatic rings. The van der Waals surface area contributed by atoms with Gasteiger partial charge in [0.1, 0.15) is 0 Å². The number of rotatable bonds is 2. The maximum atomic E-state index is 10.1. The van der Waals surface area contributed by atoms with Crippen LogP contribution in [0.2, 0.25) is 0 Å². The summed E-state index contributed by atoms with van der Waals surface area (Å²) in [6.07, 6.45) is 11.1. The Kier molecular flexibility index (Phi) is 4.54. The fourth-order valence-corrected chi connectivity index (χ4v) is 4.69. The van der Waals surface area contributed by atoms with Crippen LogP contribution in [0.3, 0.4) is 0 Å². The van der Waals surface area contributed by atoms with E-state index in [0.717, 1.165) is 63.9 Å². The van der Waals surface area contributed by atoms with Gasteiger partial charge in [-0.25, -0.2) is 9.98 Å². The minimum atomic E-state index is 0.644. The summed E-state index contributed by atoms with van der Waals surface area (Å²) in [4.78, 5) is 16.8. The number of fused-ring (bicyclic) bond motifs is 6. The lowest BCUT2D eigenvalue weighted by Gasteiger charge is -2.06. The van der Waals surface area contributed by atoms with E-state index < -0.39 is 0 Å². The van der Waals surface area contributed by atoms with Crippen molar-refractivity contribution < 1.29 is 5.11 Å². The molecule has 0 saturated heterocycles. The van der Waals surface area contributed by atoms with Gasteiger partial charge in [0.2, 0.25) is 0 Å². The van der Waals surface area contributed by atoms with Crippen molar-refractivity contribution in [3.05, 3.63) is 86.2 Å². The second-order valence-corrected chi connectivity index (χ2v) is 8.09. The van der Waals surface area contributed by atoms with E-state index in [0.29, 0.717) is 11.3 Å². The summed E-state index contributed by atoms with van der Waals surface area (Å²) in [5, 5.41) is 12.1. The number of nitrogens with one attached hydrogen (secondary N) is 2. The summed E-state index contributed by atoms with van der Waals surface area (Å²) in [6, 6.07) is 4.11. The van der Waals surface area contributed by atoms with Crippen molar-refractivity contribution in [1.29, 1.82) is 0 Å². The van der Waals surface area contributed by atoms with Crippen molar-refractivity contribution >= 4 is 29.3 Å². The SMILES string of the molecule is CCC1=C(C)C2=NC1=Cc1[nH]c(c(C)c1CC)C=c1ccc([nH]1)=C1C=CC(=N1)/C2=C/O. The van der Waals surface area contributed by atoms with Crippen LogP contribution in [0.1, 0.15) is 49.7 Å². The van der Waals surface area contributed by atoms with E-state index >= 15 is 0 Å². The van der Waals surface area contributed by atoms with Gasteiger partial charge in [-0.1, -0.05) is 13.8 Å². The molecule has 8 bridgehead atoms. The third-order valence-corrected chi connectivity index (χ3v) is 6.37. The van der Waals surface area contributed by atoms with Gasteiger partial charge in [0.25, 0.3) is 0 Å². The Hall–Kier alpha value is -3.60. The van der Waals surface area contributed by atoms with E-state index in [9.17, 15) is 5.11 Å². The Labute approximate surface area is 181 Å². The number of aromatic nitrogens is 2. The number of hydrogen-bond donors (Lipinski definition) is 3. The second kappa shape index (κ2) is 7.27. The van der Waals surface area contributed by atoms with Crippen LogP contribution in [0.5, 0.6) is 0 Å². The molecule has 0 aromatic carbocycles. The molecule has 3 N–H and O–H groups in total. The third kappa shape index (κ3) is 3.00. The van der Waals surface area contributed by atoms with E-state index in [4.69, 9.17) is 9.98 Å². The summed E-state index contributed by atoms with van der Waals surface area (Å²) >= 11 is 0. The fraction of sp³-hybridized carbons (Fsp3) is 0.231. The first-order valence-corrected chi connectivity index (χ1v) is 10.8. The van der Waals surface area contributed by atoms with Crippen molar-refractivity contribution in [1.82, 2.24) is 9.97 Å². The minimum Gasteiger partial charge on any atom is -0.515 e. The minimum absolute atomic E-state index is 0.644. The molecule has 5 heteroatoms. The van der Waals surface area contributed by atoms with E-state index in [1.807, 2.05) is 18.2 Å². The number of hydrogen-bond acceptors (Lipinski definition) is 3. The summed E-state index contributed by atoms with van der Waals surface area (Å²) < 4.78 is 0. The Balaban J connectivity index is 1.86. The highest BCUT2D eigenvalue weighted by molar-refractivity contribution is 6.35. The van der Waals surface area contributed by atoms with E-state index in [1.165, 1.54) is 16.7 Å². The predicted octanol–water partition coefficient (Wildman–Crippen LogP) is 4.14. The fourth-order valence-electron chi connectivity index (χ4n) is 4.69. The molecule has 0 spiro atoms. The first-order chi connectivity index (χ1) is 15.0. The zero-order chi connectivity index (χ0) is 21.7. The molecule has 5 nitrogen and oxygen atoms in total. The number of aromatic amines is 2. The summed E-state index contributed by atoms with van der Waals surface area (Å²) in [5.74, 6) is 0. The Morgan fingerprint density at radius 2 is 1.81 bits per heavy atom. The van der Waals surface area contributed by atoms with Crippen LogP contribution in [-0.4, -0.2) is 26.5 Å². The molecule has 0 radical (unpaired) electrons. The molecule has 0 unspecified atom stereocenters. The summed E-state index contributed by atoms with van der Waals surface area (Å²) in [6.45, 7) is 8.57. The highest BCUT2D eigenvalue weighted by atomic mass is 16.2. The molecule has 0 saturated carbocycles. The van der Waals surface area contributed by atoms with Crippen LogP contribution in [0.25, 0.3) is 17.8 Å². The summed E-state index contributed by atoms with van der Waals surface area (Å²) in [5.41, 5.74) is 10.9. The molecule has 156 valence electrons. The van der Waals surface area contributed by atoms with E-state index in [1.54, 1.807) is 0 Å². The zero-order valence-electron chi connectivity index (χ0n) is 18.3. The van der Waals surface area contributed by atoms with Gasteiger partial charge in [-0.05, 0) is 85.4 Å². The lowest BCUT2D eigenvalue weighted by Crippen LogP contribution is -2.12. The number of aliphatic imine (C=N–C) groups is 2. The molecule has 3 aliphatic heterocycles. The van der Waals surface area contributed by atoms with Crippen LogP contribution in [0.15, 0.2) is 62.9 Å². The normalized spacial score (nSPS) is 18.6. The third-order valence-electron chi connectivity index (χ3n) is 6.37. The van der Waals surface area contributed by atoms with Crippen molar-refractivity contribution in [3.8, 4) is 0 Å². The molecular formula is C26H26N4O. The number of allylic oxidation sites excluding steroid dienone is 4. The molecule has 0 fully saturated rings. The lowest BCUT2D eigenvalue weighted by molar-refractivity contribution is 0.472. The molecule has 0 aliphatic carbocycles. The number of nitrogens with zero attached hydrogens (tertiary/aromatic N) is 2. The Morgan fingerprint density at radius 1 is 0.968 bits per heavy atom. The largest absolute Gasteiger partial charge is 0.515 e. The van der Waals surface area contributed by atoms with Gasteiger partial charge in [-0.3, -0.25) is 0 Å². The highest BCUT2D eigenvalue weighted by Gasteiger charge is 2.26. The molecule has 31 heavy (non-hydrogen) atoms. The Bertz CT molecular complexity index is 1410. The van der Waals surface area contributed by atoms with Gasteiger partial charge in [0.05, 0.1) is 40.0 Å². The van der Waals surface area contributed by atoms with Gasteiger partial charge in [0, 0.05) is 16.7 Å². The summed E-state index contributed by atoms with van der Waals surface area (Å²) in [7, 11) is 0. The average Bonchev–Trinajstić information content (AvgIpc) is 3.52. The van der Waals surface area contributed by atoms with Crippen molar-refractivity contribution in [2.45, 2.75) is 40.5 Å². The zero-order valence-corrected chi connectivity index (χ0v) is 18.3.